The lowest BCUT2D eigenvalue weighted by molar-refractivity contribution is -0.102. The van der Waals surface area contributed by atoms with Gasteiger partial charge in [-0.05, 0) is 38.5 Å². The maximum Gasteiger partial charge on any atom is 0.0675 e. The van der Waals surface area contributed by atoms with E-state index in [1.165, 1.54) is 12.8 Å². The van der Waals surface area contributed by atoms with Crippen LogP contribution in [-0.4, -0.2) is 42.3 Å². The molecule has 2 atom stereocenters. The first-order chi connectivity index (χ1) is 8.80. The summed E-state index contributed by atoms with van der Waals surface area (Å²) >= 11 is 0. The summed E-state index contributed by atoms with van der Waals surface area (Å²) in [6, 6.07) is 0.470. The zero-order valence-electron chi connectivity index (χ0n) is 13.8. The molecule has 0 radical (unpaired) electrons. The van der Waals surface area contributed by atoms with E-state index >= 15 is 0 Å². The van der Waals surface area contributed by atoms with E-state index in [1.54, 1.807) is 0 Å². The van der Waals surface area contributed by atoms with Crippen LogP contribution in [0.15, 0.2) is 0 Å². The van der Waals surface area contributed by atoms with Gasteiger partial charge in [-0.25, -0.2) is 0 Å². The van der Waals surface area contributed by atoms with Gasteiger partial charge in [0, 0.05) is 24.7 Å². The van der Waals surface area contributed by atoms with Gasteiger partial charge in [0.05, 0.1) is 12.7 Å². The number of hydrogen-bond donors (Lipinski definition) is 1. The molecule has 3 heteroatoms. The first-order valence-electron chi connectivity index (χ1n) is 7.89. The van der Waals surface area contributed by atoms with Crippen LogP contribution < -0.4 is 5.73 Å². The molecular weight excluding hydrogens is 236 g/mol. The first kappa shape index (κ1) is 16.9. The van der Waals surface area contributed by atoms with E-state index in [9.17, 15) is 0 Å². The van der Waals surface area contributed by atoms with Gasteiger partial charge in [0.25, 0.3) is 0 Å². The Morgan fingerprint density at radius 3 is 2.11 bits per heavy atom. The van der Waals surface area contributed by atoms with Crippen molar-refractivity contribution in [3.8, 4) is 0 Å². The smallest absolute Gasteiger partial charge is 0.0675 e. The molecule has 0 bridgehead atoms. The largest absolute Gasteiger partial charge is 0.376 e. The minimum atomic E-state index is 0.139. The molecule has 0 saturated carbocycles. The molecule has 0 aromatic heterocycles. The number of hydrogen-bond acceptors (Lipinski definition) is 3. The Kier molecular flexibility index (Phi) is 6.28. The zero-order valence-corrected chi connectivity index (χ0v) is 13.8. The van der Waals surface area contributed by atoms with Crippen LogP contribution in [-0.2, 0) is 4.74 Å². The van der Waals surface area contributed by atoms with Gasteiger partial charge in [0.2, 0.25) is 0 Å². The van der Waals surface area contributed by atoms with Crippen molar-refractivity contribution in [2.45, 2.75) is 72.1 Å². The Hall–Kier alpha value is -0.120. The molecule has 0 spiro atoms. The van der Waals surface area contributed by atoms with Crippen molar-refractivity contribution >= 4 is 0 Å². The number of ether oxygens (including phenoxy) is 1. The number of nitrogens with zero attached hydrogens (tertiary/aromatic N) is 1. The van der Waals surface area contributed by atoms with Gasteiger partial charge < -0.3 is 10.5 Å². The lowest BCUT2D eigenvalue weighted by atomic mass is 9.79. The zero-order chi connectivity index (χ0) is 14.6. The fourth-order valence-corrected chi connectivity index (χ4v) is 3.69. The van der Waals surface area contributed by atoms with Crippen molar-refractivity contribution in [1.29, 1.82) is 0 Å². The summed E-state index contributed by atoms with van der Waals surface area (Å²) in [6.07, 6.45) is 2.68. The van der Waals surface area contributed by atoms with E-state index in [4.69, 9.17) is 10.5 Å². The van der Waals surface area contributed by atoms with Gasteiger partial charge in [-0.15, -0.1) is 0 Å². The van der Waals surface area contributed by atoms with E-state index in [0.29, 0.717) is 24.0 Å². The van der Waals surface area contributed by atoms with Gasteiger partial charge in [0.15, 0.2) is 0 Å². The van der Waals surface area contributed by atoms with Crippen LogP contribution in [0.1, 0.15) is 54.4 Å². The van der Waals surface area contributed by atoms with Crippen LogP contribution in [0, 0.1) is 11.8 Å². The molecule has 2 N–H and O–H groups in total. The predicted molar refractivity (Wildman–Crippen MR) is 82.3 cm³/mol. The molecule has 0 aromatic rings. The van der Waals surface area contributed by atoms with Crippen LogP contribution in [0.25, 0.3) is 0 Å². The second-order valence-electron chi connectivity index (χ2n) is 7.27. The monoisotopic (exact) mass is 270 g/mol. The highest BCUT2D eigenvalue weighted by atomic mass is 16.5. The summed E-state index contributed by atoms with van der Waals surface area (Å²) in [4.78, 5) is 2.64. The summed E-state index contributed by atoms with van der Waals surface area (Å²) in [7, 11) is 0. The van der Waals surface area contributed by atoms with E-state index < -0.39 is 0 Å². The van der Waals surface area contributed by atoms with Gasteiger partial charge in [-0.3, -0.25) is 4.90 Å². The lowest BCUT2D eigenvalue weighted by Crippen LogP contribution is -2.63. The van der Waals surface area contributed by atoms with Crippen molar-refractivity contribution in [2.75, 3.05) is 19.7 Å². The van der Waals surface area contributed by atoms with Crippen molar-refractivity contribution in [1.82, 2.24) is 4.90 Å². The molecule has 19 heavy (non-hydrogen) atoms. The minimum absolute atomic E-state index is 0.139. The highest BCUT2D eigenvalue weighted by Crippen LogP contribution is 2.34. The van der Waals surface area contributed by atoms with Crippen molar-refractivity contribution in [3.63, 3.8) is 0 Å². The molecule has 3 nitrogen and oxygen atoms in total. The Morgan fingerprint density at radius 1 is 1.16 bits per heavy atom. The quantitative estimate of drug-likeness (QED) is 0.806. The number of rotatable bonds is 6. The van der Waals surface area contributed by atoms with Crippen molar-refractivity contribution in [3.05, 3.63) is 0 Å². The summed E-state index contributed by atoms with van der Waals surface area (Å²) in [5, 5.41) is 0. The molecule has 1 rings (SSSR count). The minimum Gasteiger partial charge on any atom is -0.376 e. The summed E-state index contributed by atoms with van der Waals surface area (Å²) in [5.41, 5.74) is 6.40. The average Bonchev–Trinajstić information content (AvgIpc) is 2.30. The molecule has 114 valence electrons. The van der Waals surface area contributed by atoms with Gasteiger partial charge in [-0.2, -0.15) is 0 Å². The third-order valence-corrected chi connectivity index (χ3v) is 4.17. The Labute approximate surface area is 119 Å². The SMILES string of the molecule is CC(C)CC(CN)(CC(C)C)N1CC(C)OCC1C. The van der Waals surface area contributed by atoms with Crippen LogP contribution in [0.2, 0.25) is 0 Å². The fraction of sp³-hybridized carbons (Fsp3) is 1.00. The van der Waals surface area contributed by atoms with Crippen LogP contribution in [0.4, 0.5) is 0 Å². The highest BCUT2D eigenvalue weighted by Gasteiger charge is 2.41. The van der Waals surface area contributed by atoms with E-state index in [0.717, 1.165) is 19.7 Å². The molecule has 1 fully saturated rings. The van der Waals surface area contributed by atoms with Crippen LogP contribution in [0.5, 0.6) is 0 Å². The maximum absolute atomic E-state index is 6.26. The molecule has 0 aromatic carbocycles. The Morgan fingerprint density at radius 2 is 1.68 bits per heavy atom. The molecule has 1 aliphatic rings. The number of morpholine rings is 1. The Balaban J connectivity index is 2.97. The topological polar surface area (TPSA) is 38.5 Å². The lowest BCUT2D eigenvalue weighted by Gasteiger charge is -2.51. The van der Waals surface area contributed by atoms with Crippen molar-refractivity contribution < 1.29 is 4.74 Å². The maximum atomic E-state index is 6.26. The highest BCUT2D eigenvalue weighted by molar-refractivity contribution is 4.97. The standard InChI is InChI=1S/C16H34N2O/c1-12(2)7-16(11-17,8-13(3)4)18-9-15(6)19-10-14(18)5/h12-15H,7-11,17H2,1-6H3. The van der Waals surface area contributed by atoms with E-state index in [-0.39, 0.29) is 5.54 Å². The third kappa shape index (κ3) is 4.44. The summed E-state index contributed by atoms with van der Waals surface area (Å²) < 4.78 is 5.79. The van der Waals surface area contributed by atoms with Gasteiger partial charge in [-0.1, -0.05) is 27.7 Å². The molecule has 1 saturated heterocycles. The van der Waals surface area contributed by atoms with E-state index in [1.807, 2.05) is 0 Å². The Bertz CT molecular complexity index is 255. The fourth-order valence-electron chi connectivity index (χ4n) is 3.69. The summed E-state index contributed by atoms with van der Waals surface area (Å²) in [6.45, 7) is 16.3. The summed E-state index contributed by atoms with van der Waals surface area (Å²) in [5.74, 6) is 1.35. The second kappa shape index (κ2) is 7.05. The second-order valence-corrected chi connectivity index (χ2v) is 7.27. The molecule has 2 unspecified atom stereocenters. The molecule has 0 aliphatic carbocycles. The first-order valence-corrected chi connectivity index (χ1v) is 7.89. The molecule has 0 amide bonds. The van der Waals surface area contributed by atoms with Gasteiger partial charge >= 0.3 is 0 Å². The third-order valence-electron chi connectivity index (χ3n) is 4.17. The molecule has 1 heterocycles. The van der Waals surface area contributed by atoms with E-state index in [2.05, 4.69) is 46.4 Å². The van der Waals surface area contributed by atoms with Gasteiger partial charge in [0.1, 0.15) is 0 Å². The average molecular weight is 270 g/mol. The number of nitrogens with two attached hydrogens (primary N) is 1. The van der Waals surface area contributed by atoms with Crippen molar-refractivity contribution in [2.24, 2.45) is 17.6 Å². The predicted octanol–water partition coefficient (Wildman–Crippen LogP) is 2.89. The van der Waals surface area contributed by atoms with Crippen LogP contribution in [0.3, 0.4) is 0 Å². The van der Waals surface area contributed by atoms with Crippen LogP contribution >= 0.6 is 0 Å². The molecular formula is C16H34N2O. The molecule has 1 aliphatic heterocycles. The normalized spacial score (nSPS) is 26.4.